The van der Waals surface area contributed by atoms with Crippen molar-refractivity contribution in [1.29, 1.82) is 0 Å². The van der Waals surface area contributed by atoms with Crippen molar-refractivity contribution < 1.29 is 33.6 Å². The lowest BCUT2D eigenvalue weighted by Crippen LogP contribution is -2.55. The summed E-state index contributed by atoms with van der Waals surface area (Å²) in [7, 11) is 1.50. The Hall–Kier alpha value is -6.64. The van der Waals surface area contributed by atoms with Gasteiger partial charge in [-0.3, -0.25) is 53.4 Å². The second-order valence-corrected chi connectivity index (χ2v) is 20.8. The Morgan fingerprint density at radius 2 is 1.42 bits per heavy atom. The van der Waals surface area contributed by atoms with E-state index in [1.54, 1.807) is 23.3 Å². The zero-order valence-electron chi connectivity index (χ0n) is 46.4. The van der Waals surface area contributed by atoms with Crippen LogP contribution in [0.2, 0.25) is 0 Å². The third-order valence-corrected chi connectivity index (χ3v) is 16.1. The number of hydrogen-bond donors (Lipinski definition) is 2. The van der Waals surface area contributed by atoms with Gasteiger partial charge in [-0.25, -0.2) is 14.8 Å². The highest BCUT2D eigenvalue weighted by Gasteiger charge is 2.41. The molecule has 7 amide bonds. The minimum Gasteiger partial charge on any atom is -0.369 e. The molecule has 0 radical (unpaired) electrons. The number of likely N-dealkylation sites (tertiary alicyclic amines) is 2. The van der Waals surface area contributed by atoms with Crippen molar-refractivity contribution in [2.75, 3.05) is 102 Å². The molecule has 5 aliphatic heterocycles. The number of nitrogens with zero attached hydrogens (tertiary/aromatic N) is 11. The maximum Gasteiger partial charge on any atom is 0.319 e. The normalized spacial score (nSPS) is 20.8. The number of amides is 7. The Morgan fingerprint density at radius 1 is 0.818 bits per heavy atom. The van der Waals surface area contributed by atoms with Crippen LogP contribution in [-0.2, 0) is 24.0 Å². The molecular formula is C57H83N13O7. The number of amidine groups is 1. The zero-order valence-corrected chi connectivity index (χ0v) is 46.4. The van der Waals surface area contributed by atoms with Crippen LogP contribution in [0.25, 0.3) is 0 Å². The SMILES string of the molecule is C=N/C=C1\C(=Nc2ccc(N3CCN(C4CCN(C(=O)N5CCC(CN6CCN(c7ccc(C)c(C(=O)N(C=O)C(C)CCC)c7)CC6)CC5)CC4)CC3)cn2)N(C2CCCC2)C(=O)C(C(C)=O)=C1C.CN.O=CNC=O. The molecule has 8 rings (SSSR count). The van der Waals surface area contributed by atoms with Crippen molar-refractivity contribution in [2.45, 2.75) is 117 Å². The Bertz CT molecular complexity index is 2450. The van der Waals surface area contributed by atoms with Gasteiger partial charge in [0.15, 0.2) is 11.6 Å². The summed E-state index contributed by atoms with van der Waals surface area (Å²) in [5.74, 6) is 0.754. The van der Waals surface area contributed by atoms with E-state index in [1.807, 2.05) is 38.2 Å². The number of piperidine rings is 2. The van der Waals surface area contributed by atoms with Crippen LogP contribution >= 0.6 is 0 Å². The second kappa shape index (κ2) is 29.2. The van der Waals surface area contributed by atoms with Crippen LogP contribution in [-0.4, -0.2) is 200 Å². The van der Waals surface area contributed by atoms with E-state index in [9.17, 15) is 24.0 Å². The van der Waals surface area contributed by atoms with Gasteiger partial charge in [0.2, 0.25) is 19.2 Å². The number of anilines is 2. The Morgan fingerprint density at radius 3 is 1.96 bits per heavy atom. The summed E-state index contributed by atoms with van der Waals surface area (Å²) >= 11 is 0. The molecule has 20 nitrogen and oxygen atoms in total. The molecule has 4 saturated heterocycles. The molecule has 1 aromatic carbocycles. The summed E-state index contributed by atoms with van der Waals surface area (Å²) in [6, 6.07) is 10.5. The average Bonchev–Trinajstić information content (AvgIpc) is 4.05. The molecule has 2 aromatic rings. The maximum atomic E-state index is 13.8. The molecule has 6 aliphatic rings. The fourth-order valence-electron chi connectivity index (χ4n) is 11.8. The van der Waals surface area contributed by atoms with E-state index < -0.39 is 0 Å². The average molecular weight is 1060 g/mol. The number of hydrogen-bond acceptors (Lipinski definition) is 15. The number of carbonyl (C=O) groups excluding carboxylic acids is 7. The molecule has 1 atom stereocenters. The number of carbonyl (C=O) groups is 7. The van der Waals surface area contributed by atoms with Gasteiger partial charge in [0.05, 0.1) is 17.5 Å². The Balaban J connectivity index is 0.00000130. The van der Waals surface area contributed by atoms with Crippen LogP contribution in [0, 0.1) is 12.8 Å². The third kappa shape index (κ3) is 14.9. The molecule has 1 saturated carbocycles. The van der Waals surface area contributed by atoms with Gasteiger partial charge in [-0.1, -0.05) is 32.3 Å². The number of benzene rings is 1. The number of aryl methyl sites for hydroxylation is 1. The number of urea groups is 1. The van der Waals surface area contributed by atoms with Crippen LogP contribution in [0.1, 0.15) is 108 Å². The molecule has 0 bridgehead atoms. The van der Waals surface area contributed by atoms with E-state index in [2.05, 4.69) is 65.9 Å². The molecule has 0 spiro atoms. The topological polar surface area (TPSA) is 221 Å². The van der Waals surface area contributed by atoms with Gasteiger partial charge in [-0.05, 0) is 128 Å². The molecule has 6 heterocycles. The standard InChI is InChI=1S/C54H75N11O5.C2H3NO2.CH5N/c1-7-10-39(3)64(37-66)52(68)47-33-45(14-13-38(47)2)60-27-25-58(26-28-60)36-42-17-21-62(22-18-42)54(70)63-23-19-43(20-24-63)59-29-31-61(32-30-59)46-15-16-49(56-34-46)57-51-48(35-55-6)40(4)50(41(5)67)53(69)65(51)44-11-8-9-12-44;4-1-3-2-5;1-2/h13-16,33-35,37,39,42-44H,6-12,17-32,36H2,1-5H3;1-2H,(H,3,4,5);2H2,1H3/b48-35-,57-51?;;. The number of piperazine rings is 2. The first-order chi connectivity index (χ1) is 37.3. The summed E-state index contributed by atoms with van der Waals surface area (Å²) < 4.78 is 0. The quantitative estimate of drug-likeness (QED) is 0.126. The summed E-state index contributed by atoms with van der Waals surface area (Å²) in [5, 5.41) is 1.75. The zero-order chi connectivity index (χ0) is 55.6. The van der Waals surface area contributed by atoms with E-state index in [0.717, 1.165) is 166 Å². The summed E-state index contributed by atoms with van der Waals surface area (Å²) in [5.41, 5.74) is 9.41. The molecule has 1 aliphatic carbocycles. The first-order valence-electron chi connectivity index (χ1n) is 27.7. The fourth-order valence-corrected chi connectivity index (χ4v) is 11.8. The van der Waals surface area contributed by atoms with Crippen molar-refractivity contribution in [2.24, 2.45) is 21.6 Å². The first kappa shape index (κ1) is 59.6. The smallest absolute Gasteiger partial charge is 0.319 e. The van der Waals surface area contributed by atoms with Crippen LogP contribution in [0.15, 0.2) is 69.4 Å². The lowest BCUT2D eigenvalue weighted by atomic mass is 9.91. The van der Waals surface area contributed by atoms with Crippen molar-refractivity contribution in [3.05, 3.63) is 70.6 Å². The molecule has 3 N–H and O–H groups in total. The Labute approximate surface area is 455 Å². The number of aliphatic imine (C=N–C) groups is 2. The number of imide groups is 2. The molecular weight excluding hydrogens is 979 g/mol. The third-order valence-electron chi connectivity index (χ3n) is 16.1. The number of ketones is 1. The van der Waals surface area contributed by atoms with E-state index >= 15 is 0 Å². The molecule has 1 aromatic heterocycles. The summed E-state index contributed by atoms with van der Waals surface area (Å²) in [4.78, 5) is 114. The van der Waals surface area contributed by atoms with Gasteiger partial charge >= 0.3 is 6.03 Å². The van der Waals surface area contributed by atoms with E-state index in [4.69, 9.17) is 19.6 Å². The van der Waals surface area contributed by atoms with Crippen molar-refractivity contribution in [3.8, 4) is 0 Å². The lowest BCUT2D eigenvalue weighted by Gasteiger charge is -2.44. The number of nitrogens with two attached hydrogens (primary N) is 1. The second-order valence-electron chi connectivity index (χ2n) is 20.8. The first-order valence-corrected chi connectivity index (χ1v) is 27.7. The van der Waals surface area contributed by atoms with Crippen LogP contribution in [0.3, 0.4) is 0 Å². The lowest BCUT2D eigenvalue weighted by molar-refractivity contribution is -0.128. The van der Waals surface area contributed by atoms with Crippen molar-refractivity contribution >= 4 is 72.6 Å². The molecule has 20 heteroatoms. The van der Waals surface area contributed by atoms with E-state index in [-0.39, 0.29) is 41.3 Å². The molecule has 5 fully saturated rings. The molecule has 1 unspecified atom stereocenters. The number of rotatable bonds is 16. The van der Waals surface area contributed by atoms with Gasteiger partial charge in [-0.15, -0.1) is 0 Å². The highest BCUT2D eigenvalue weighted by Crippen LogP contribution is 2.35. The van der Waals surface area contributed by atoms with Crippen LogP contribution in [0.5, 0.6) is 0 Å². The largest absolute Gasteiger partial charge is 0.369 e. The Kier molecular flexibility index (Phi) is 22.6. The van der Waals surface area contributed by atoms with Gasteiger partial charge in [0.1, 0.15) is 5.84 Å². The van der Waals surface area contributed by atoms with Crippen LogP contribution < -0.4 is 20.9 Å². The number of pyridine rings is 1. The van der Waals surface area contributed by atoms with Crippen LogP contribution in [0.4, 0.5) is 22.0 Å². The fraction of sp³-hybridized carbons (Fsp3) is 0.579. The van der Waals surface area contributed by atoms with Crippen molar-refractivity contribution in [1.82, 2.24) is 39.7 Å². The van der Waals surface area contributed by atoms with Gasteiger partial charge in [0, 0.05) is 126 Å². The molecule has 418 valence electrons. The number of nitrogens with one attached hydrogen (secondary N) is 1. The minimum atomic E-state index is -0.298. The summed E-state index contributed by atoms with van der Waals surface area (Å²) in [6.45, 7) is 24.4. The minimum absolute atomic E-state index is 0.0360. The van der Waals surface area contributed by atoms with E-state index in [0.29, 0.717) is 59.6 Å². The summed E-state index contributed by atoms with van der Waals surface area (Å²) in [6.07, 6.45) is 14.2. The predicted octanol–water partition coefficient (Wildman–Crippen LogP) is 5.19. The van der Waals surface area contributed by atoms with E-state index in [1.165, 1.54) is 18.9 Å². The van der Waals surface area contributed by atoms with Crippen molar-refractivity contribution in [3.63, 3.8) is 0 Å². The maximum absolute atomic E-state index is 13.8. The number of aromatic nitrogens is 1. The van der Waals surface area contributed by atoms with Gasteiger partial charge < -0.3 is 30.7 Å². The number of Topliss-reactive ketones (excluding diaryl/α,β-unsaturated/α-hetero) is 1. The predicted molar refractivity (Wildman–Crippen MR) is 301 cm³/mol. The highest BCUT2D eigenvalue weighted by atomic mass is 16.2. The molecule has 77 heavy (non-hydrogen) atoms. The highest BCUT2D eigenvalue weighted by molar-refractivity contribution is 6.29. The van der Waals surface area contributed by atoms with Gasteiger partial charge in [-0.2, -0.15) is 0 Å². The monoisotopic (exact) mass is 1060 g/mol. The van der Waals surface area contributed by atoms with Gasteiger partial charge in [0.25, 0.3) is 11.8 Å².